The van der Waals surface area contributed by atoms with Crippen LogP contribution in [-0.2, 0) is 21.2 Å². The molecule has 0 saturated carbocycles. The number of benzene rings is 2. The second-order valence-electron chi connectivity index (χ2n) is 6.64. The number of nitrogens with zero attached hydrogens (tertiary/aromatic N) is 1. The van der Waals surface area contributed by atoms with Crippen LogP contribution in [0, 0.1) is 0 Å². The summed E-state index contributed by atoms with van der Waals surface area (Å²) in [5, 5.41) is 2.93. The van der Waals surface area contributed by atoms with E-state index >= 15 is 0 Å². The van der Waals surface area contributed by atoms with Gasteiger partial charge in [-0.2, -0.15) is 4.31 Å². The summed E-state index contributed by atoms with van der Waals surface area (Å²) in [5.74, 6) is -0.103. The summed E-state index contributed by atoms with van der Waals surface area (Å²) >= 11 is 3.31. The van der Waals surface area contributed by atoms with Crippen molar-refractivity contribution in [2.45, 2.75) is 24.2 Å². The van der Waals surface area contributed by atoms with Crippen LogP contribution >= 0.6 is 15.9 Å². The van der Waals surface area contributed by atoms with Gasteiger partial charge in [0.2, 0.25) is 15.9 Å². The number of carbonyl (C=O) groups is 1. The normalized spacial score (nSPS) is 15.1. The number of nitrogens with one attached hydrogen (secondary N) is 1. The summed E-state index contributed by atoms with van der Waals surface area (Å²) < 4.78 is 27.6. The maximum atomic E-state index is 12.7. The van der Waals surface area contributed by atoms with Crippen LogP contribution < -0.4 is 5.32 Å². The van der Waals surface area contributed by atoms with Crippen molar-refractivity contribution >= 4 is 31.9 Å². The van der Waals surface area contributed by atoms with Crippen molar-refractivity contribution in [1.29, 1.82) is 0 Å². The number of halogens is 1. The van der Waals surface area contributed by atoms with Crippen molar-refractivity contribution in [2.75, 3.05) is 19.6 Å². The van der Waals surface area contributed by atoms with Crippen LogP contribution in [-0.4, -0.2) is 38.3 Å². The van der Waals surface area contributed by atoms with E-state index < -0.39 is 10.0 Å². The molecule has 0 bridgehead atoms. The van der Waals surface area contributed by atoms with Gasteiger partial charge in [0.05, 0.1) is 4.90 Å². The quantitative estimate of drug-likeness (QED) is 0.640. The van der Waals surface area contributed by atoms with Gasteiger partial charge in [-0.05, 0) is 49.1 Å². The Hall–Kier alpha value is -1.96. The molecule has 0 saturated heterocycles. The molecule has 1 amide bonds. The summed E-state index contributed by atoms with van der Waals surface area (Å²) in [6.07, 6.45) is 3.92. The Morgan fingerprint density at radius 3 is 2.43 bits per heavy atom. The number of sulfonamides is 1. The van der Waals surface area contributed by atoms with Gasteiger partial charge in [-0.1, -0.05) is 52.3 Å². The maximum Gasteiger partial charge on any atom is 0.246 e. The summed E-state index contributed by atoms with van der Waals surface area (Å²) in [6, 6.07) is 16.7. The lowest BCUT2D eigenvalue weighted by molar-refractivity contribution is -0.117. The number of aryl methyl sites for hydroxylation is 1. The molecule has 0 fully saturated rings. The van der Waals surface area contributed by atoms with E-state index in [0.717, 1.165) is 17.3 Å². The topological polar surface area (TPSA) is 66.5 Å². The highest BCUT2D eigenvalue weighted by atomic mass is 79.9. The molecule has 0 unspecified atom stereocenters. The molecular weight excluding hydrogens is 440 g/mol. The molecule has 0 atom stereocenters. The van der Waals surface area contributed by atoms with Crippen LogP contribution in [0.1, 0.15) is 18.4 Å². The van der Waals surface area contributed by atoms with Crippen LogP contribution in [0.2, 0.25) is 0 Å². The Morgan fingerprint density at radius 2 is 1.79 bits per heavy atom. The highest BCUT2D eigenvalue weighted by Crippen LogP contribution is 2.22. The highest BCUT2D eigenvalue weighted by Gasteiger charge is 2.27. The van der Waals surface area contributed by atoms with Gasteiger partial charge in [-0.15, -0.1) is 0 Å². The Kier molecular flexibility index (Phi) is 7.04. The molecule has 2 aromatic carbocycles. The smallest absolute Gasteiger partial charge is 0.246 e. The van der Waals surface area contributed by atoms with E-state index in [0.29, 0.717) is 25.1 Å². The Labute approximate surface area is 174 Å². The van der Waals surface area contributed by atoms with E-state index in [2.05, 4.69) is 33.4 Å². The first kappa shape index (κ1) is 20.8. The zero-order valence-electron chi connectivity index (χ0n) is 15.5. The third kappa shape index (κ3) is 5.31. The molecule has 3 rings (SSSR count). The van der Waals surface area contributed by atoms with E-state index in [1.165, 1.54) is 9.87 Å². The Balaban J connectivity index is 1.50. The minimum atomic E-state index is -3.54. The molecule has 1 N–H and O–H groups in total. The molecule has 28 heavy (non-hydrogen) atoms. The van der Waals surface area contributed by atoms with Crippen molar-refractivity contribution in [3.05, 3.63) is 76.3 Å². The second kappa shape index (κ2) is 9.49. The van der Waals surface area contributed by atoms with Crippen LogP contribution in [0.25, 0.3) is 0 Å². The third-order valence-electron chi connectivity index (χ3n) is 4.69. The van der Waals surface area contributed by atoms with E-state index in [4.69, 9.17) is 0 Å². The van der Waals surface area contributed by atoms with Gasteiger partial charge in [-0.3, -0.25) is 4.79 Å². The number of carbonyl (C=O) groups excluding carboxylic acids is 1. The predicted molar refractivity (Wildman–Crippen MR) is 113 cm³/mol. The zero-order chi connectivity index (χ0) is 20.0. The van der Waals surface area contributed by atoms with E-state index in [1.54, 1.807) is 30.3 Å². The fourth-order valence-corrected chi connectivity index (χ4v) is 4.73. The lowest BCUT2D eigenvalue weighted by atomic mass is 10.1. The van der Waals surface area contributed by atoms with Crippen LogP contribution in [0.3, 0.4) is 0 Å². The molecule has 0 spiro atoms. The molecule has 0 aromatic heterocycles. The van der Waals surface area contributed by atoms with Crippen molar-refractivity contribution < 1.29 is 13.2 Å². The van der Waals surface area contributed by atoms with E-state index in [9.17, 15) is 13.2 Å². The van der Waals surface area contributed by atoms with E-state index in [-0.39, 0.29) is 17.3 Å². The first-order chi connectivity index (χ1) is 13.5. The minimum Gasteiger partial charge on any atom is -0.352 e. The monoisotopic (exact) mass is 462 g/mol. The van der Waals surface area contributed by atoms with E-state index in [1.807, 2.05) is 18.2 Å². The summed E-state index contributed by atoms with van der Waals surface area (Å²) in [5.41, 5.74) is 1.91. The Bertz CT molecular complexity index is 941. The number of hydrogen-bond donors (Lipinski definition) is 1. The van der Waals surface area contributed by atoms with Gasteiger partial charge >= 0.3 is 0 Å². The highest BCUT2D eigenvalue weighted by molar-refractivity contribution is 9.10. The number of amides is 1. The molecule has 5 nitrogen and oxygen atoms in total. The molecule has 1 aliphatic heterocycles. The summed E-state index contributed by atoms with van der Waals surface area (Å²) in [6.45, 7) is 1.12. The lowest BCUT2D eigenvalue weighted by Crippen LogP contribution is -2.37. The van der Waals surface area contributed by atoms with Crippen molar-refractivity contribution in [2.24, 2.45) is 0 Å². The summed E-state index contributed by atoms with van der Waals surface area (Å²) in [7, 11) is -3.54. The molecule has 7 heteroatoms. The average Bonchev–Trinajstić information content (AvgIpc) is 2.72. The van der Waals surface area contributed by atoms with Crippen LogP contribution in [0.4, 0.5) is 0 Å². The van der Waals surface area contributed by atoms with Gasteiger partial charge in [-0.25, -0.2) is 8.42 Å². The van der Waals surface area contributed by atoms with Crippen molar-refractivity contribution in [1.82, 2.24) is 9.62 Å². The summed E-state index contributed by atoms with van der Waals surface area (Å²) in [4.78, 5) is 12.6. The Morgan fingerprint density at radius 1 is 1.07 bits per heavy atom. The van der Waals surface area contributed by atoms with Gasteiger partial charge in [0.15, 0.2) is 0 Å². The van der Waals surface area contributed by atoms with Gasteiger partial charge in [0.25, 0.3) is 0 Å². The molecular formula is C21H23BrN2O3S. The number of hydrogen-bond acceptors (Lipinski definition) is 3. The van der Waals surface area contributed by atoms with Gasteiger partial charge < -0.3 is 5.32 Å². The van der Waals surface area contributed by atoms with Gasteiger partial charge in [0, 0.05) is 29.7 Å². The van der Waals surface area contributed by atoms with Crippen LogP contribution in [0.15, 0.2) is 75.6 Å². The first-order valence-corrected chi connectivity index (χ1v) is 11.5. The standard InChI is InChI=1S/C21H23BrN2O3S/c22-19-8-10-20(11-9-19)28(26,27)24-15-12-18(13-16-24)21(25)23-14-4-7-17-5-2-1-3-6-17/h1-3,5-6,8-12H,4,7,13-16H2,(H,23,25). The molecule has 1 heterocycles. The fourth-order valence-electron chi connectivity index (χ4n) is 3.08. The lowest BCUT2D eigenvalue weighted by Gasteiger charge is -2.25. The largest absolute Gasteiger partial charge is 0.352 e. The average molecular weight is 463 g/mol. The van der Waals surface area contributed by atoms with Crippen molar-refractivity contribution in [3.63, 3.8) is 0 Å². The van der Waals surface area contributed by atoms with Crippen molar-refractivity contribution in [3.8, 4) is 0 Å². The third-order valence-corrected chi connectivity index (χ3v) is 7.09. The molecule has 1 aliphatic rings. The first-order valence-electron chi connectivity index (χ1n) is 9.24. The molecule has 2 aromatic rings. The fraction of sp³-hybridized carbons (Fsp3) is 0.286. The predicted octanol–water partition coefficient (Wildman–Crippen LogP) is 3.52. The number of rotatable bonds is 7. The molecule has 0 radical (unpaired) electrons. The molecule has 148 valence electrons. The minimum absolute atomic E-state index is 0.103. The molecule has 0 aliphatic carbocycles. The second-order valence-corrected chi connectivity index (χ2v) is 9.49. The van der Waals surface area contributed by atoms with Gasteiger partial charge in [0.1, 0.15) is 0 Å². The zero-order valence-corrected chi connectivity index (χ0v) is 17.9. The van der Waals surface area contributed by atoms with Crippen LogP contribution in [0.5, 0.6) is 0 Å². The SMILES string of the molecule is O=C(NCCCc1ccccc1)C1=CCN(S(=O)(=O)c2ccc(Br)cc2)CC1. The maximum absolute atomic E-state index is 12.7.